The number of benzene rings is 2. The van der Waals surface area contributed by atoms with Crippen LogP contribution in [0.25, 0.3) is 0 Å². The minimum Gasteiger partial charge on any atom is -0.374 e. The van der Waals surface area contributed by atoms with E-state index in [4.69, 9.17) is 0 Å². The third-order valence-corrected chi connectivity index (χ3v) is 7.20. The summed E-state index contributed by atoms with van der Waals surface area (Å²) in [6.07, 6.45) is -10.0. The van der Waals surface area contributed by atoms with E-state index in [0.29, 0.717) is 9.80 Å². The summed E-state index contributed by atoms with van der Waals surface area (Å²) in [5.74, 6) is -5.01. The first kappa shape index (κ1) is 30.6. The molecule has 0 saturated carbocycles. The summed E-state index contributed by atoms with van der Waals surface area (Å²) in [6.45, 7) is -0.788. The van der Waals surface area contributed by atoms with E-state index in [0.717, 1.165) is 25.1 Å². The summed E-state index contributed by atoms with van der Waals surface area (Å²) in [6, 6.07) is 4.56. The number of carbonyl (C=O) groups excluding carboxylic acids is 4. The Kier molecular flexibility index (Phi) is 7.86. The van der Waals surface area contributed by atoms with Crippen molar-refractivity contribution < 1.29 is 49.9 Å². The normalized spacial score (nSPS) is 19.5. The number of rotatable bonds is 6. The number of nitrogens with zero attached hydrogens (tertiary/aromatic N) is 3. The Morgan fingerprint density at radius 1 is 1.07 bits per heavy atom. The van der Waals surface area contributed by atoms with Gasteiger partial charge in [-0.2, -0.15) is 26.3 Å². The first-order chi connectivity index (χ1) is 19.4. The van der Waals surface area contributed by atoms with Gasteiger partial charge in [0, 0.05) is 43.5 Å². The van der Waals surface area contributed by atoms with Crippen LogP contribution in [0.3, 0.4) is 0 Å². The van der Waals surface area contributed by atoms with Crippen LogP contribution in [0.1, 0.15) is 24.5 Å². The summed E-state index contributed by atoms with van der Waals surface area (Å²) >= 11 is 0. The lowest BCUT2D eigenvalue weighted by Crippen LogP contribution is -2.52. The molecule has 2 aliphatic heterocycles. The van der Waals surface area contributed by atoms with Crippen molar-refractivity contribution in [1.82, 2.24) is 15.1 Å². The average molecular weight is 603 g/mol. The molecule has 42 heavy (non-hydrogen) atoms. The molecule has 0 aliphatic carbocycles. The van der Waals surface area contributed by atoms with Gasteiger partial charge >= 0.3 is 24.3 Å². The molecule has 1 unspecified atom stereocenters. The SMILES string of the molecule is C[C@H](N(Cc1ccc(F)cc1)C(=O)CN1C(=O)NC2(CCN(C)c3cc(NC(=O)C(F)(F)F)ccc32)C1=O)C(F)(F)F. The second kappa shape index (κ2) is 10.8. The average Bonchev–Trinajstić information content (AvgIpc) is 3.13. The van der Waals surface area contributed by atoms with E-state index in [9.17, 15) is 49.9 Å². The molecule has 226 valence electrons. The van der Waals surface area contributed by atoms with E-state index in [1.165, 1.54) is 24.3 Å². The molecule has 1 fully saturated rings. The maximum Gasteiger partial charge on any atom is 0.471 e. The Balaban J connectivity index is 1.61. The lowest BCUT2D eigenvalue weighted by atomic mass is 9.82. The summed E-state index contributed by atoms with van der Waals surface area (Å²) in [5, 5.41) is 4.21. The van der Waals surface area contributed by atoms with E-state index in [1.807, 2.05) is 0 Å². The highest BCUT2D eigenvalue weighted by molar-refractivity contribution is 6.10. The maximum atomic E-state index is 13.7. The fraction of sp³-hybridized carbons (Fsp3) is 0.385. The van der Waals surface area contributed by atoms with Crippen LogP contribution in [0.15, 0.2) is 42.5 Å². The lowest BCUT2D eigenvalue weighted by Gasteiger charge is -2.39. The Morgan fingerprint density at radius 2 is 1.71 bits per heavy atom. The summed E-state index contributed by atoms with van der Waals surface area (Å²) in [5.41, 5.74) is -1.47. The molecule has 1 saturated heterocycles. The van der Waals surface area contributed by atoms with Gasteiger partial charge in [0.25, 0.3) is 5.91 Å². The van der Waals surface area contributed by atoms with Gasteiger partial charge < -0.3 is 20.4 Å². The quantitative estimate of drug-likeness (QED) is 0.386. The van der Waals surface area contributed by atoms with E-state index >= 15 is 0 Å². The highest BCUT2D eigenvalue weighted by atomic mass is 19.4. The number of alkyl halides is 6. The van der Waals surface area contributed by atoms with Gasteiger partial charge in [-0.25, -0.2) is 9.18 Å². The van der Waals surface area contributed by atoms with E-state index in [2.05, 4.69) is 5.32 Å². The van der Waals surface area contributed by atoms with Crippen LogP contribution in [-0.4, -0.2) is 72.1 Å². The first-order valence-corrected chi connectivity index (χ1v) is 12.4. The van der Waals surface area contributed by atoms with Gasteiger partial charge in [-0.3, -0.25) is 19.3 Å². The number of imide groups is 1. The lowest BCUT2D eigenvalue weighted by molar-refractivity contribution is -0.187. The fourth-order valence-electron chi connectivity index (χ4n) is 4.83. The van der Waals surface area contributed by atoms with Crippen molar-refractivity contribution in [1.29, 1.82) is 0 Å². The summed E-state index contributed by atoms with van der Waals surface area (Å²) < 4.78 is 92.4. The van der Waals surface area contributed by atoms with Crippen molar-refractivity contribution in [3.8, 4) is 0 Å². The molecule has 2 atom stereocenters. The van der Waals surface area contributed by atoms with Gasteiger partial charge in [0.15, 0.2) is 5.54 Å². The molecule has 5 amide bonds. The molecule has 2 aromatic rings. The summed E-state index contributed by atoms with van der Waals surface area (Å²) in [7, 11) is 1.56. The molecular formula is C26H24F7N5O4. The van der Waals surface area contributed by atoms with Crippen molar-refractivity contribution in [2.45, 2.75) is 43.8 Å². The van der Waals surface area contributed by atoms with Crippen LogP contribution in [-0.2, 0) is 26.5 Å². The second-order valence-electron chi connectivity index (χ2n) is 9.95. The molecule has 4 rings (SSSR count). The van der Waals surface area contributed by atoms with E-state index in [1.54, 1.807) is 17.3 Å². The standard InChI is InChI=1S/C26H24F7N5O4/c1-14(25(28,29)30)37(12-15-3-5-16(27)6-4-15)20(39)13-38-22(41)24(35-23(38)42)9-10-36(2)19-11-17(7-8-18(19)24)34-21(40)26(31,32)33/h3-8,11,14H,9-10,12-13H2,1-2H3,(H,34,40)(H,35,42)/t14-,24?/m0/s1. The van der Waals surface area contributed by atoms with Gasteiger partial charge in [0.2, 0.25) is 5.91 Å². The minimum absolute atomic E-state index is 0.0295. The van der Waals surface area contributed by atoms with Crippen molar-refractivity contribution in [2.24, 2.45) is 0 Å². The number of nitrogens with one attached hydrogen (secondary N) is 2. The van der Waals surface area contributed by atoms with Crippen LogP contribution in [0.2, 0.25) is 0 Å². The van der Waals surface area contributed by atoms with Gasteiger partial charge in [0.05, 0.1) is 0 Å². The summed E-state index contributed by atoms with van der Waals surface area (Å²) in [4.78, 5) is 53.7. The molecular weight excluding hydrogens is 579 g/mol. The van der Waals surface area contributed by atoms with Crippen LogP contribution < -0.4 is 15.5 Å². The zero-order valence-corrected chi connectivity index (χ0v) is 22.1. The van der Waals surface area contributed by atoms with Gasteiger partial charge in [-0.1, -0.05) is 18.2 Å². The minimum atomic E-state index is -5.15. The van der Waals surface area contributed by atoms with E-state index in [-0.39, 0.29) is 35.5 Å². The molecule has 2 heterocycles. The number of urea groups is 1. The highest BCUT2D eigenvalue weighted by Gasteiger charge is 2.56. The number of carbonyl (C=O) groups is 4. The Bertz CT molecular complexity index is 1410. The molecule has 0 bridgehead atoms. The first-order valence-electron chi connectivity index (χ1n) is 12.4. The Hall–Kier alpha value is -4.37. The predicted octanol–water partition coefficient (Wildman–Crippen LogP) is 3.89. The maximum absolute atomic E-state index is 13.7. The number of amides is 5. The largest absolute Gasteiger partial charge is 0.471 e. The zero-order valence-electron chi connectivity index (χ0n) is 22.1. The molecule has 1 spiro atoms. The van der Waals surface area contributed by atoms with Crippen molar-refractivity contribution in [3.05, 3.63) is 59.4 Å². The number of anilines is 2. The zero-order chi connectivity index (χ0) is 31.2. The monoisotopic (exact) mass is 603 g/mol. The molecule has 0 aromatic heterocycles. The van der Waals surface area contributed by atoms with Crippen LogP contribution in [0, 0.1) is 5.82 Å². The third-order valence-electron chi connectivity index (χ3n) is 7.20. The van der Waals surface area contributed by atoms with Gasteiger partial charge in [-0.05, 0) is 36.8 Å². The van der Waals surface area contributed by atoms with Crippen molar-refractivity contribution in [3.63, 3.8) is 0 Å². The van der Waals surface area contributed by atoms with Gasteiger partial charge in [-0.15, -0.1) is 0 Å². The molecule has 2 aromatic carbocycles. The number of hydrogen-bond donors (Lipinski definition) is 2. The number of fused-ring (bicyclic) bond motifs is 2. The molecule has 2 aliphatic rings. The molecule has 2 N–H and O–H groups in total. The van der Waals surface area contributed by atoms with Crippen molar-refractivity contribution in [2.75, 3.05) is 30.4 Å². The molecule has 9 nitrogen and oxygen atoms in total. The molecule has 0 radical (unpaired) electrons. The molecule has 16 heteroatoms. The highest BCUT2D eigenvalue weighted by Crippen LogP contribution is 2.43. The smallest absolute Gasteiger partial charge is 0.374 e. The topological polar surface area (TPSA) is 102 Å². The Morgan fingerprint density at radius 3 is 2.31 bits per heavy atom. The fourth-order valence-corrected chi connectivity index (χ4v) is 4.83. The van der Waals surface area contributed by atoms with Gasteiger partial charge in [0.1, 0.15) is 18.4 Å². The van der Waals surface area contributed by atoms with Crippen LogP contribution in [0.4, 0.5) is 46.9 Å². The van der Waals surface area contributed by atoms with Crippen LogP contribution >= 0.6 is 0 Å². The Labute approximate surface area is 234 Å². The number of halogens is 7. The number of hydrogen-bond acceptors (Lipinski definition) is 5. The van der Waals surface area contributed by atoms with Crippen molar-refractivity contribution >= 4 is 35.1 Å². The van der Waals surface area contributed by atoms with Crippen LogP contribution in [0.5, 0.6) is 0 Å². The van der Waals surface area contributed by atoms with E-state index < -0.39 is 66.6 Å². The predicted molar refractivity (Wildman–Crippen MR) is 133 cm³/mol. The third kappa shape index (κ3) is 5.83. The second-order valence-corrected chi connectivity index (χ2v) is 9.95.